The summed E-state index contributed by atoms with van der Waals surface area (Å²) in [5, 5.41) is 10.9. The zero-order valence-corrected chi connectivity index (χ0v) is 11.3. The first-order valence-electron chi connectivity index (χ1n) is 7.12. The van der Waals surface area contributed by atoms with Crippen molar-refractivity contribution < 1.29 is 5.11 Å². The largest absolute Gasteiger partial charge is 0.389 e. The van der Waals surface area contributed by atoms with Gasteiger partial charge in [-0.15, -0.1) is 13.2 Å². The highest BCUT2D eigenvalue weighted by Crippen LogP contribution is 2.41. The molecule has 0 aromatic heterocycles. The van der Waals surface area contributed by atoms with Crippen molar-refractivity contribution in [3.63, 3.8) is 0 Å². The van der Waals surface area contributed by atoms with Gasteiger partial charge < -0.3 is 5.11 Å². The van der Waals surface area contributed by atoms with Crippen LogP contribution in [0.1, 0.15) is 58.3 Å². The van der Waals surface area contributed by atoms with Crippen molar-refractivity contribution in [2.75, 3.05) is 0 Å². The predicted octanol–water partition coefficient (Wildman–Crippen LogP) is 4.48. The van der Waals surface area contributed by atoms with Crippen LogP contribution in [-0.2, 0) is 0 Å². The fourth-order valence-corrected chi connectivity index (χ4v) is 3.42. The molecule has 0 spiro atoms. The van der Waals surface area contributed by atoms with Crippen molar-refractivity contribution in [1.29, 1.82) is 0 Å². The molecule has 1 rings (SSSR count). The average molecular weight is 236 g/mol. The van der Waals surface area contributed by atoms with E-state index >= 15 is 0 Å². The summed E-state index contributed by atoms with van der Waals surface area (Å²) in [5.74, 6) is 1.00. The van der Waals surface area contributed by atoms with Gasteiger partial charge in [0.05, 0.1) is 5.60 Å². The predicted molar refractivity (Wildman–Crippen MR) is 74.9 cm³/mol. The van der Waals surface area contributed by atoms with Crippen LogP contribution in [0, 0.1) is 11.8 Å². The Morgan fingerprint density at radius 1 is 1.24 bits per heavy atom. The van der Waals surface area contributed by atoms with Crippen molar-refractivity contribution in [2.45, 2.75) is 63.9 Å². The SMILES string of the molecule is C=CC[C@@H]1[C@@H](CC)CCCCC[C@@]1(O)CC=C. The van der Waals surface area contributed by atoms with Crippen molar-refractivity contribution in [2.24, 2.45) is 11.8 Å². The summed E-state index contributed by atoms with van der Waals surface area (Å²) in [6.45, 7) is 9.93. The fourth-order valence-electron chi connectivity index (χ4n) is 3.42. The van der Waals surface area contributed by atoms with E-state index in [1.165, 1.54) is 19.3 Å². The van der Waals surface area contributed by atoms with Gasteiger partial charge in [-0.2, -0.15) is 0 Å². The molecule has 1 heteroatoms. The molecule has 0 heterocycles. The molecule has 0 aromatic rings. The van der Waals surface area contributed by atoms with E-state index in [1.807, 2.05) is 12.2 Å². The summed E-state index contributed by atoms with van der Waals surface area (Å²) in [7, 11) is 0. The normalized spacial score (nSPS) is 34.7. The minimum absolute atomic E-state index is 0.364. The first-order chi connectivity index (χ1) is 8.18. The first kappa shape index (κ1) is 14.5. The van der Waals surface area contributed by atoms with Crippen LogP contribution < -0.4 is 0 Å². The van der Waals surface area contributed by atoms with Crippen LogP contribution in [0.25, 0.3) is 0 Å². The second-order valence-corrected chi connectivity index (χ2v) is 5.49. The number of aliphatic hydroxyl groups is 1. The highest BCUT2D eigenvalue weighted by molar-refractivity contribution is 4.97. The van der Waals surface area contributed by atoms with Crippen LogP contribution >= 0.6 is 0 Å². The smallest absolute Gasteiger partial charge is 0.0715 e. The number of rotatable bonds is 5. The van der Waals surface area contributed by atoms with Gasteiger partial charge >= 0.3 is 0 Å². The monoisotopic (exact) mass is 236 g/mol. The van der Waals surface area contributed by atoms with Gasteiger partial charge in [-0.3, -0.25) is 0 Å². The van der Waals surface area contributed by atoms with E-state index in [9.17, 15) is 5.11 Å². The second kappa shape index (κ2) is 7.00. The maximum Gasteiger partial charge on any atom is 0.0715 e. The van der Waals surface area contributed by atoms with Crippen LogP contribution in [0.15, 0.2) is 25.3 Å². The molecular weight excluding hydrogens is 208 g/mol. The molecule has 0 saturated heterocycles. The molecule has 0 unspecified atom stereocenters. The van der Waals surface area contributed by atoms with Crippen LogP contribution in [0.3, 0.4) is 0 Å². The van der Waals surface area contributed by atoms with E-state index in [0.29, 0.717) is 11.8 Å². The lowest BCUT2D eigenvalue weighted by Gasteiger charge is -2.41. The summed E-state index contributed by atoms with van der Waals surface area (Å²) >= 11 is 0. The van der Waals surface area contributed by atoms with Crippen molar-refractivity contribution in [1.82, 2.24) is 0 Å². The lowest BCUT2D eigenvalue weighted by atomic mass is 9.68. The fraction of sp³-hybridized carbons (Fsp3) is 0.750. The average Bonchev–Trinajstić information content (AvgIpc) is 2.30. The van der Waals surface area contributed by atoms with Gasteiger partial charge in [-0.05, 0) is 31.1 Å². The standard InChI is InChI=1S/C16H28O/c1-4-10-15-14(6-3)11-8-7-9-13-16(15,17)12-5-2/h4-5,14-15,17H,1-2,6-13H2,3H3/t14-,15+,16-/m0/s1. The van der Waals surface area contributed by atoms with Crippen LogP contribution in [0.4, 0.5) is 0 Å². The molecule has 1 nitrogen and oxygen atoms in total. The topological polar surface area (TPSA) is 20.2 Å². The van der Waals surface area contributed by atoms with E-state index in [0.717, 1.165) is 32.1 Å². The molecule has 0 bridgehead atoms. The van der Waals surface area contributed by atoms with Crippen LogP contribution in [0.5, 0.6) is 0 Å². The van der Waals surface area contributed by atoms with E-state index in [-0.39, 0.29) is 0 Å². The Hall–Kier alpha value is -0.560. The molecule has 17 heavy (non-hydrogen) atoms. The summed E-state index contributed by atoms with van der Waals surface area (Å²) in [6.07, 6.45) is 12.6. The molecule has 0 aliphatic heterocycles. The number of allylic oxidation sites excluding steroid dienone is 1. The van der Waals surface area contributed by atoms with Gasteiger partial charge in [0.25, 0.3) is 0 Å². The van der Waals surface area contributed by atoms with Gasteiger partial charge in [-0.25, -0.2) is 0 Å². The second-order valence-electron chi connectivity index (χ2n) is 5.49. The molecule has 0 radical (unpaired) electrons. The Bertz CT molecular complexity index is 246. The van der Waals surface area contributed by atoms with Gasteiger partial charge in [0.1, 0.15) is 0 Å². The number of hydrogen-bond acceptors (Lipinski definition) is 1. The van der Waals surface area contributed by atoms with Crippen molar-refractivity contribution in [3.05, 3.63) is 25.3 Å². The molecule has 0 aromatic carbocycles. The first-order valence-corrected chi connectivity index (χ1v) is 7.12. The lowest BCUT2D eigenvalue weighted by Crippen LogP contribution is -2.42. The van der Waals surface area contributed by atoms with Gasteiger partial charge in [-0.1, -0.05) is 51.2 Å². The molecule has 98 valence electrons. The highest BCUT2D eigenvalue weighted by Gasteiger charge is 2.39. The van der Waals surface area contributed by atoms with E-state index < -0.39 is 5.60 Å². The molecule has 1 fully saturated rings. The van der Waals surface area contributed by atoms with Gasteiger partial charge in [0.15, 0.2) is 0 Å². The van der Waals surface area contributed by atoms with Crippen LogP contribution in [0.2, 0.25) is 0 Å². The molecule has 1 aliphatic rings. The van der Waals surface area contributed by atoms with E-state index in [4.69, 9.17) is 0 Å². The van der Waals surface area contributed by atoms with E-state index in [2.05, 4.69) is 20.1 Å². The van der Waals surface area contributed by atoms with Crippen LogP contribution in [-0.4, -0.2) is 10.7 Å². The Morgan fingerprint density at radius 3 is 2.59 bits per heavy atom. The maximum atomic E-state index is 10.9. The molecule has 0 amide bonds. The van der Waals surface area contributed by atoms with E-state index in [1.54, 1.807) is 0 Å². The third kappa shape index (κ3) is 3.70. The van der Waals surface area contributed by atoms with Crippen molar-refractivity contribution >= 4 is 0 Å². The molecule has 1 N–H and O–H groups in total. The Balaban J connectivity index is 2.91. The summed E-state index contributed by atoms with van der Waals surface area (Å²) in [6, 6.07) is 0. The third-order valence-electron chi connectivity index (χ3n) is 4.39. The summed E-state index contributed by atoms with van der Waals surface area (Å²) in [5.41, 5.74) is -0.545. The minimum atomic E-state index is -0.545. The lowest BCUT2D eigenvalue weighted by molar-refractivity contribution is -0.0557. The third-order valence-corrected chi connectivity index (χ3v) is 4.39. The maximum absolute atomic E-state index is 10.9. The highest BCUT2D eigenvalue weighted by atomic mass is 16.3. The summed E-state index contributed by atoms with van der Waals surface area (Å²) in [4.78, 5) is 0. The molecule has 1 saturated carbocycles. The van der Waals surface area contributed by atoms with Gasteiger partial charge in [0, 0.05) is 0 Å². The molecule has 1 aliphatic carbocycles. The zero-order valence-electron chi connectivity index (χ0n) is 11.3. The molecule has 3 atom stereocenters. The summed E-state index contributed by atoms with van der Waals surface area (Å²) < 4.78 is 0. The Kier molecular flexibility index (Phi) is 5.97. The molecular formula is C16H28O. The number of hydrogen-bond donors (Lipinski definition) is 1. The van der Waals surface area contributed by atoms with Crippen molar-refractivity contribution in [3.8, 4) is 0 Å². The quantitative estimate of drug-likeness (QED) is 0.698. The zero-order chi connectivity index (χ0) is 12.7. The van der Waals surface area contributed by atoms with Gasteiger partial charge in [0.2, 0.25) is 0 Å². The Labute approximate surface area is 107 Å². The minimum Gasteiger partial charge on any atom is -0.389 e. The Morgan fingerprint density at radius 2 is 2.00 bits per heavy atom.